The molecule has 0 spiro atoms. The number of carboxylic acids is 1. The fourth-order valence-electron chi connectivity index (χ4n) is 3.06. The van der Waals surface area contributed by atoms with Crippen molar-refractivity contribution in [3.63, 3.8) is 0 Å². The smallest absolute Gasteiger partial charge is 0.410 e. The van der Waals surface area contributed by atoms with E-state index in [9.17, 15) is 14.7 Å². The van der Waals surface area contributed by atoms with E-state index in [1.165, 1.54) is 4.90 Å². The lowest BCUT2D eigenvalue weighted by atomic mass is 10.1. The highest BCUT2D eigenvalue weighted by atomic mass is 16.6. The maximum Gasteiger partial charge on any atom is 0.410 e. The Morgan fingerprint density at radius 1 is 0.963 bits per heavy atom. The summed E-state index contributed by atoms with van der Waals surface area (Å²) in [6, 6.07) is 8.64. The lowest BCUT2D eigenvalue weighted by molar-refractivity contribution is -0.143. The highest BCUT2D eigenvalue weighted by Gasteiger charge is 2.30. The molecule has 1 aromatic rings. The van der Waals surface area contributed by atoms with Gasteiger partial charge in [-0.2, -0.15) is 0 Å². The summed E-state index contributed by atoms with van der Waals surface area (Å²) in [6.07, 6.45) is 7.89. The minimum absolute atomic E-state index is 0.160. The highest BCUT2D eigenvalue weighted by Crippen LogP contribution is 2.16. The van der Waals surface area contributed by atoms with Crippen LogP contribution in [-0.4, -0.2) is 34.7 Å². The van der Waals surface area contributed by atoms with Crippen LogP contribution in [-0.2, 0) is 16.1 Å². The first-order valence-electron chi connectivity index (χ1n) is 10.3. The molecular formula is C22H35NO4. The van der Waals surface area contributed by atoms with Crippen molar-refractivity contribution < 1.29 is 19.4 Å². The third kappa shape index (κ3) is 9.45. The molecule has 1 amide bonds. The molecule has 0 fully saturated rings. The second-order valence-electron chi connectivity index (χ2n) is 7.00. The van der Waals surface area contributed by atoms with E-state index in [-0.39, 0.29) is 6.61 Å². The molecule has 0 aliphatic heterocycles. The number of hydrogen-bond donors (Lipinski definition) is 1. The van der Waals surface area contributed by atoms with Crippen molar-refractivity contribution in [2.45, 2.75) is 84.3 Å². The molecule has 152 valence electrons. The van der Waals surface area contributed by atoms with Crippen LogP contribution in [0.25, 0.3) is 0 Å². The van der Waals surface area contributed by atoms with Gasteiger partial charge >= 0.3 is 12.1 Å². The predicted molar refractivity (Wildman–Crippen MR) is 108 cm³/mol. The molecule has 0 saturated carbocycles. The van der Waals surface area contributed by atoms with Crippen molar-refractivity contribution in [2.75, 3.05) is 6.54 Å². The SMILES string of the molecule is CCCCCCC(C(=O)O)N(CCCCCC)C(=O)OCc1ccccc1. The van der Waals surface area contributed by atoms with Gasteiger partial charge in [0, 0.05) is 6.54 Å². The van der Waals surface area contributed by atoms with E-state index in [2.05, 4.69) is 13.8 Å². The summed E-state index contributed by atoms with van der Waals surface area (Å²) in [5, 5.41) is 9.69. The van der Waals surface area contributed by atoms with Crippen molar-refractivity contribution in [3.8, 4) is 0 Å². The van der Waals surface area contributed by atoms with E-state index in [1.807, 2.05) is 30.3 Å². The van der Waals surface area contributed by atoms with Crippen molar-refractivity contribution in [1.82, 2.24) is 4.90 Å². The fraction of sp³-hybridized carbons (Fsp3) is 0.636. The average molecular weight is 378 g/mol. The molecule has 0 bridgehead atoms. The molecule has 0 saturated heterocycles. The van der Waals surface area contributed by atoms with E-state index >= 15 is 0 Å². The second-order valence-corrected chi connectivity index (χ2v) is 7.00. The number of ether oxygens (including phenoxy) is 1. The third-order valence-electron chi connectivity index (χ3n) is 4.68. The van der Waals surface area contributed by atoms with Gasteiger partial charge in [-0.05, 0) is 18.4 Å². The molecule has 0 radical (unpaired) electrons. The molecule has 0 aliphatic carbocycles. The Morgan fingerprint density at radius 3 is 2.19 bits per heavy atom. The first kappa shape index (κ1) is 23.0. The van der Waals surface area contributed by atoms with Crippen LogP contribution in [0.4, 0.5) is 4.79 Å². The normalized spacial score (nSPS) is 11.8. The number of unbranched alkanes of at least 4 members (excludes halogenated alkanes) is 6. The van der Waals surface area contributed by atoms with E-state index in [4.69, 9.17) is 4.74 Å². The number of aliphatic carboxylic acids is 1. The minimum Gasteiger partial charge on any atom is -0.480 e. The largest absolute Gasteiger partial charge is 0.480 e. The van der Waals surface area contributed by atoms with Gasteiger partial charge in [0.05, 0.1) is 0 Å². The van der Waals surface area contributed by atoms with Crippen molar-refractivity contribution in [2.24, 2.45) is 0 Å². The zero-order valence-electron chi connectivity index (χ0n) is 16.9. The number of rotatable bonds is 14. The lowest BCUT2D eigenvalue weighted by Gasteiger charge is -2.28. The average Bonchev–Trinajstić information content (AvgIpc) is 2.68. The number of nitrogens with zero attached hydrogens (tertiary/aromatic N) is 1. The van der Waals surface area contributed by atoms with Gasteiger partial charge in [0.25, 0.3) is 0 Å². The van der Waals surface area contributed by atoms with Crippen molar-refractivity contribution in [3.05, 3.63) is 35.9 Å². The van der Waals surface area contributed by atoms with Crippen LogP contribution in [0.2, 0.25) is 0 Å². The van der Waals surface area contributed by atoms with Crippen LogP contribution in [0.1, 0.15) is 77.2 Å². The molecule has 1 rings (SSSR count). The van der Waals surface area contributed by atoms with Crippen LogP contribution in [0, 0.1) is 0 Å². The van der Waals surface area contributed by atoms with Crippen LogP contribution < -0.4 is 0 Å². The molecule has 1 unspecified atom stereocenters. The summed E-state index contributed by atoms with van der Waals surface area (Å²) in [5.74, 6) is -0.946. The minimum atomic E-state index is -0.946. The van der Waals surface area contributed by atoms with Crippen LogP contribution in [0.5, 0.6) is 0 Å². The quantitative estimate of drug-likeness (QED) is 0.427. The number of benzene rings is 1. The first-order valence-corrected chi connectivity index (χ1v) is 10.3. The summed E-state index contributed by atoms with van der Waals surface area (Å²) in [5.41, 5.74) is 0.895. The Labute approximate surface area is 163 Å². The summed E-state index contributed by atoms with van der Waals surface area (Å²) in [6.45, 7) is 4.83. The number of amides is 1. The van der Waals surface area contributed by atoms with Crippen molar-refractivity contribution in [1.29, 1.82) is 0 Å². The predicted octanol–water partition coefficient (Wildman–Crippen LogP) is 5.63. The zero-order valence-corrected chi connectivity index (χ0v) is 16.9. The van der Waals surface area contributed by atoms with Gasteiger partial charge in [0.1, 0.15) is 12.6 Å². The van der Waals surface area contributed by atoms with Crippen LogP contribution in [0.3, 0.4) is 0 Å². The fourth-order valence-corrected chi connectivity index (χ4v) is 3.06. The monoisotopic (exact) mass is 377 g/mol. The van der Waals surface area contributed by atoms with Crippen LogP contribution >= 0.6 is 0 Å². The molecule has 0 aromatic heterocycles. The number of carbonyl (C=O) groups is 2. The molecular weight excluding hydrogens is 342 g/mol. The molecule has 1 atom stereocenters. The highest BCUT2D eigenvalue weighted by molar-refractivity contribution is 5.80. The molecule has 1 N–H and O–H groups in total. The van der Waals surface area contributed by atoms with Crippen molar-refractivity contribution >= 4 is 12.1 Å². The Hall–Kier alpha value is -2.04. The Balaban J connectivity index is 2.71. The number of hydrogen-bond acceptors (Lipinski definition) is 3. The molecule has 0 heterocycles. The number of carboxylic acid groups (broad SMARTS) is 1. The molecule has 27 heavy (non-hydrogen) atoms. The Bertz CT molecular complexity index is 532. The number of carbonyl (C=O) groups excluding carboxylic acids is 1. The summed E-state index contributed by atoms with van der Waals surface area (Å²) in [4.78, 5) is 25.9. The maximum absolute atomic E-state index is 12.7. The third-order valence-corrected chi connectivity index (χ3v) is 4.68. The molecule has 5 heteroatoms. The van der Waals surface area contributed by atoms with Gasteiger partial charge in [0.15, 0.2) is 0 Å². The zero-order chi connectivity index (χ0) is 19.9. The van der Waals surface area contributed by atoms with Gasteiger partial charge in [0.2, 0.25) is 0 Å². The van der Waals surface area contributed by atoms with E-state index in [0.717, 1.165) is 56.9 Å². The summed E-state index contributed by atoms with van der Waals surface area (Å²) < 4.78 is 5.43. The summed E-state index contributed by atoms with van der Waals surface area (Å²) in [7, 11) is 0. The molecule has 5 nitrogen and oxygen atoms in total. The summed E-state index contributed by atoms with van der Waals surface area (Å²) >= 11 is 0. The van der Waals surface area contributed by atoms with Gasteiger partial charge < -0.3 is 9.84 Å². The topological polar surface area (TPSA) is 66.8 Å². The van der Waals surface area contributed by atoms with Gasteiger partial charge in [-0.3, -0.25) is 4.90 Å². The lowest BCUT2D eigenvalue weighted by Crippen LogP contribution is -2.45. The molecule has 0 aliphatic rings. The van der Waals surface area contributed by atoms with Gasteiger partial charge in [-0.15, -0.1) is 0 Å². The second kappa shape index (κ2) is 14.1. The van der Waals surface area contributed by atoms with E-state index < -0.39 is 18.1 Å². The van der Waals surface area contributed by atoms with E-state index in [1.54, 1.807) is 0 Å². The standard InChI is InChI=1S/C22H35NO4/c1-3-5-7-12-16-20(21(24)25)23(17-13-8-6-4-2)22(26)27-18-19-14-10-9-11-15-19/h9-11,14-15,20H,3-8,12-13,16-18H2,1-2H3,(H,24,25). The van der Waals surface area contributed by atoms with Gasteiger partial charge in [-0.25, -0.2) is 9.59 Å². The Kier molecular flexibility index (Phi) is 12.0. The maximum atomic E-state index is 12.7. The first-order chi connectivity index (χ1) is 13.1. The Morgan fingerprint density at radius 2 is 1.59 bits per heavy atom. The van der Waals surface area contributed by atoms with Gasteiger partial charge in [-0.1, -0.05) is 89.1 Å². The van der Waals surface area contributed by atoms with Crippen LogP contribution in [0.15, 0.2) is 30.3 Å². The van der Waals surface area contributed by atoms with E-state index in [0.29, 0.717) is 13.0 Å². The molecule has 1 aromatic carbocycles.